The van der Waals surface area contributed by atoms with Crippen molar-refractivity contribution in [2.45, 2.75) is 24.6 Å². The first kappa shape index (κ1) is 18.2. The Hall–Kier alpha value is -1.80. The molecule has 8 heteroatoms. The van der Waals surface area contributed by atoms with Crippen LogP contribution in [-0.4, -0.2) is 30.7 Å². The molecule has 2 rings (SSSR count). The summed E-state index contributed by atoms with van der Waals surface area (Å²) in [4.78, 5) is 14.9. The lowest BCUT2D eigenvalue weighted by atomic mass is 10.1. The third kappa shape index (κ3) is 4.60. The molecule has 0 fully saturated rings. The lowest BCUT2D eigenvalue weighted by Gasteiger charge is -1.98. The molecule has 0 aliphatic rings. The molecule has 0 saturated carbocycles. The third-order valence-corrected chi connectivity index (χ3v) is 5.02. The molecule has 0 unspecified atom stereocenters. The lowest BCUT2D eigenvalue weighted by molar-refractivity contribution is 0.0691. The first-order chi connectivity index (χ1) is 10.2. The topological polar surface area (TPSA) is 84.3 Å². The molecule has 22 heavy (non-hydrogen) atoms. The van der Waals surface area contributed by atoms with Gasteiger partial charge in [-0.3, -0.25) is 0 Å². The molecule has 0 saturated heterocycles. The highest BCUT2D eigenvalue weighted by Crippen LogP contribution is 2.32. The van der Waals surface area contributed by atoms with E-state index in [0.717, 1.165) is 17.6 Å². The van der Waals surface area contributed by atoms with E-state index in [-0.39, 0.29) is 14.9 Å². The minimum Gasteiger partial charge on any atom is -0.476 e. The Morgan fingerprint density at radius 2 is 1.77 bits per heavy atom. The van der Waals surface area contributed by atoms with Crippen LogP contribution in [0.3, 0.4) is 0 Å². The van der Waals surface area contributed by atoms with Gasteiger partial charge >= 0.3 is 5.97 Å². The van der Waals surface area contributed by atoms with Gasteiger partial charge in [0.2, 0.25) is 14.2 Å². The lowest BCUT2D eigenvalue weighted by Crippen LogP contribution is -2.01. The van der Waals surface area contributed by atoms with E-state index in [1.54, 1.807) is 0 Å². The number of sulfone groups is 1. The quantitative estimate of drug-likeness (QED) is 0.921. The number of hydrogen-bond donors (Lipinski definition) is 1. The Bertz CT molecular complexity index is 752. The molecule has 0 amide bonds. The van der Waals surface area contributed by atoms with Gasteiger partial charge in [0, 0.05) is 6.26 Å². The van der Waals surface area contributed by atoms with Gasteiger partial charge < -0.3 is 5.11 Å². The number of carbonyl (C=O) groups is 1. The molecule has 1 heterocycles. The molecule has 120 valence electrons. The summed E-state index contributed by atoms with van der Waals surface area (Å²) in [6, 6.07) is 5.09. The van der Waals surface area contributed by atoms with Crippen LogP contribution in [0.5, 0.6) is 0 Å². The first-order valence-electron chi connectivity index (χ1n) is 6.40. The number of hydrogen-bond acceptors (Lipinski definition) is 5. The number of nitrogens with zero attached hydrogens (tertiary/aromatic N) is 1. The highest BCUT2D eigenvalue weighted by atomic mass is 32.2. The number of aromatic nitrogens is 1. The second-order valence-corrected chi connectivity index (χ2v) is 7.64. The van der Waals surface area contributed by atoms with E-state index >= 15 is 0 Å². The van der Waals surface area contributed by atoms with E-state index in [1.165, 1.54) is 30.7 Å². The van der Waals surface area contributed by atoms with E-state index < -0.39 is 21.6 Å². The molecule has 0 aliphatic heterocycles. The van der Waals surface area contributed by atoms with Crippen molar-refractivity contribution in [3.8, 4) is 10.4 Å². The van der Waals surface area contributed by atoms with Gasteiger partial charge in [0.25, 0.3) is 0 Å². The fraction of sp³-hybridized carbons (Fsp3) is 0.286. The number of benzene rings is 1. The fourth-order valence-electron chi connectivity index (χ4n) is 1.40. The molecule has 2 aromatic rings. The number of carboxylic acid groups (broad SMARTS) is 1. The Kier molecular flexibility index (Phi) is 6.19. The van der Waals surface area contributed by atoms with Crippen LogP contribution in [0.25, 0.3) is 10.4 Å². The summed E-state index contributed by atoms with van der Waals surface area (Å²) in [7, 11) is -3.58. The zero-order valence-corrected chi connectivity index (χ0v) is 14.0. The standard InChI is InChI=1S/C11H8FNO4S2.C3H8/c1-19(16,17)11-13-8(10(14)15)9(18-11)6-2-4-7(12)5-3-6;1-3-2/h2-5H,1H3,(H,14,15);3H2,1-2H3. The first-order valence-corrected chi connectivity index (χ1v) is 9.11. The van der Waals surface area contributed by atoms with Crippen LogP contribution in [0, 0.1) is 5.82 Å². The van der Waals surface area contributed by atoms with Gasteiger partial charge in [0.05, 0.1) is 4.88 Å². The van der Waals surface area contributed by atoms with Crippen LogP contribution >= 0.6 is 11.3 Å². The second-order valence-electron chi connectivity index (χ2n) is 4.45. The van der Waals surface area contributed by atoms with Gasteiger partial charge in [0.1, 0.15) is 5.82 Å². The number of thiazole rings is 1. The van der Waals surface area contributed by atoms with Gasteiger partial charge in [-0.05, 0) is 17.7 Å². The average Bonchev–Trinajstić information content (AvgIpc) is 2.85. The van der Waals surface area contributed by atoms with Crippen molar-refractivity contribution >= 4 is 27.1 Å². The summed E-state index contributed by atoms with van der Waals surface area (Å²) in [5.74, 6) is -1.79. The van der Waals surface area contributed by atoms with Crippen molar-refractivity contribution < 1.29 is 22.7 Å². The maximum Gasteiger partial charge on any atom is 0.356 e. The molecule has 0 aliphatic carbocycles. The number of aromatic carboxylic acids is 1. The zero-order valence-electron chi connectivity index (χ0n) is 12.3. The van der Waals surface area contributed by atoms with Crippen molar-refractivity contribution in [2.75, 3.05) is 6.26 Å². The summed E-state index contributed by atoms with van der Waals surface area (Å²) < 4.78 is 35.4. The number of carboxylic acids is 1. The largest absolute Gasteiger partial charge is 0.476 e. The molecule has 0 radical (unpaired) electrons. The van der Waals surface area contributed by atoms with Gasteiger partial charge in [-0.1, -0.05) is 32.4 Å². The van der Waals surface area contributed by atoms with Gasteiger partial charge in [-0.15, -0.1) is 11.3 Å². The zero-order chi connectivity index (χ0) is 16.9. The normalized spacial score (nSPS) is 10.7. The molecule has 1 aromatic heterocycles. The Morgan fingerprint density at radius 3 is 2.18 bits per heavy atom. The molecular weight excluding hydrogens is 329 g/mol. The molecule has 1 N–H and O–H groups in total. The predicted molar refractivity (Wildman–Crippen MR) is 83.5 cm³/mol. The van der Waals surface area contributed by atoms with E-state index in [2.05, 4.69) is 18.8 Å². The summed E-state index contributed by atoms with van der Waals surface area (Å²) in [5, 5.41) is 9.04. The monoisotopic (exact) mass is 345 g/mol. The van der Waals surface area contributed by atoms with Crippen LogP contribution in [0.2, 0.25) is 0 Å². The predicted octanol–water partition coefficient (Wildman–Crippen LogP) is 3.47. The summed E-state index contributed by atoms with van der Waals surface area (Å²) in [6.45, 7) is 4.25. The van der Waals surface area contributed by atoms with Crippen molar-refractivity contribution in [2.24, 2.45) is 0 Å². The summed E-state index contributed by atoms with van der Waals surface area (Å²) in [6.07, 6.45) is 2.20. The number of halogens is 1. The van der Waals surface area contributed by atoms with Crippen molar-refractivity contribution in [3.05, 3.63) is 35.8 Å². The van der Waals surface area contributed by atoms with E-state index in [0.29, 0.717) is 5.56 Å². The van der Waals surface area contributed by atoms with Gasteiger partial charge in [-0.25, -0.2) is 22.6 Å². The van der Waals surface area contributed by atoms with Gasteiger partial charge in [-0.2, -0.15) is 0 Å². The minimum atomic E-state index is -3.58. The molecule has 0 spiro atoms. The Morgan fingerprint density at radius 1 is 1.27 bits per heavy atom. The SMILES string of the molecule is CCC.CS(=O)(=O)c1nc(C(=O)O)c(-c2ccc(F)cc2)s1. The smallest absolute Gasteiger partial charge is 0.356 e. The van der Waals surface area contributed by atoms with Crippen molar-refractivity contribution in [1.29, 1.82) is 0 Å². The van der Waals surface area contributed by atoms with Gasteiger partial charge in [0.15, 0.2) is 5.69 Å². The van der Waals surface area contributed by atoms with Crippen LogP contribution in [0.4, 0.5) is 4.39 Å². The van der Waals surface area contributed by atoms with Crippen molar-refractivity contribution in [1.82, 2.24) is 4.98 Å². The van der Waals surface area contributed by atoms with Crippen LogP contribution in [-0.2, 0) is 9.84 Å². The third-order valence-electron chi connectivity index (χ3n) is 2.23. The van der Waals surface area contributed by atoms with Crippen LogP contribution < -0.4 is 0 Å². The highest BCUT2D eigenvalue weighted by molar-refractivity contribution is 7.92. The molecule has 1 aromatic carbocycles. The highest BCUT2D eigenvalue weighted by Gasteiger charge is 2.23. The average molecular weight is 345 g/mol. The fourth-order valence-corrected chi connectivity index (χ4v) is 3.31. The minimum absolute atomic E-state index is 0.188. The Labute approximate surface area is 132 Å². The maximum absolute atomic E-state index is 12.8. The van der Waals surface area contributed by atoms with E-state index in [1.807, 2.05) is 0 Å². The van der Waals surface area contributed by atoms with Crippen molar-refractivity contribution in [3.63, 3.8) is 0 Å². The summed E-state index contributed by atoms with van der Waals surface area (Å²) in [5.41, 5.74) is 0.0585. The van der Waals surface area contributed by atoms with E-state index in [9.17, 15) is 17.6 Å². The maximum atomic E-state index is 12.8. The molecular formula is C14H16FNO4S2. The molecule has 0 atom stereocenters. The van der Waals surface area contributed by atoms with Crippen LogP contribution in [0.1, 0.15) is 30.8 Å². The molecule has 0 bridgehead atoms. The Balaban J connectivity index is 0.000000745. The van der Waals surface area contributed by atoms with Crippen LogP contribution in [0.15, 0.2) is 28.6 Å². The summed E-state index contributed by atoms with van der Waals surface area (Å²) >= 11 is 0.751. The second kappa shape index (κ2) is 7.46. The number of rotatable bonds is 3. The molecule has 5 nitrogen and oxygen atoms in total. The van der Waals surface area contributed by atoms with E-state index in [4.69, 9.17) is 5.11 Å².